The normalized spacial score (nSPS) is 9.79. The lowest BCUT2D eigenvalue weighted by Gasteiger charge is -2.04. The molecule has 0 fully saturated rings. The summed E-state index contributed by atoms with van der Waals surface area (Å²) < 4.78 is 18.1. The van der Waals surface area contributed by atoms with Crippen LogP contribution in [0.2, 0.25) is 0 Å². The second-order valence-corrected chi connectivity index (χ2v) is 2.80. The minimum atomic E-state index is -0.349. The minimum absolute atomic E-state index is 0.349. The molecule has 0 unspecified atom stereocenters. The second kappa shape index (κ2) is 3.92. The van der Waals surface area contributed by atoms with Crippen molar-refractivity contribution in [1.29, 1.82) is 0 Å². The van der Waals surface area contributed by atoms with Crippen LogP contribution in [0.1, 0.15) is 0 Å². The molecule has 0 aliphatic heterocycles. The number of benzene rings is 2. The summed E-state index contributed by atoms with van der Waals surface area (Å²) in [7, 11) is 0. The number of ether oxygens (including phenoxy) is 1. The van der Waals surface area contributed by atoms with Gasteiger partial charge in [0.25, 0.3) is 0 Å². The van der Waals surface area contributed by atoms with Gasteiger partial charge in [0.05, 0.1) is 0 Å². The first-order valence-corrected chi connectivity index (χ1v) is 4.24. The van der Waals surface area contributed by atoms with Gasteiger partial charge in [0.15, 0.2) is 0 Å². The largest absolute Gasteiger partial charge is 0.457 e. The molecular weight excluding hydrogens is 179 g/mol. The van der Waals surface area contributed by atoms with Crippen molar-refractivity contribution in [1.82, 2.24) is 0 Å². The Kier molecular flexibility index (Phi) is 2.45. The van der Waals surface area contributed by atoms with Crippen LogP contribution in [0.25, 0.3) is 0 Å². The molecule has 2 rings (SSSR count). The summed E-state index contributed by atoms with van der Waals surface area (Å²) in [6.07, 6.45) is 0. The molecule has 0 spiro atoms. The number of para-hydroxylation sites is 1. The summed E-state index contributed by atoms with van der Waals surface area (Å²) >= 11 is 0. The van der Waals surface area contributed by atoms with E-state index < -0.39 is 0 Å². The lowest BCUT2D eigenvalue weighted by molar-refractivity contribution is 0.476. The molecule has 1 nitrogen and oxygen atoms in total. The smallest absolute Gasteiger partial charge is 0.130 e. The van der Waals surface area contributed by atoms with Crippen LogP contribution in [0.3, 0.4) is 0 Å². The average molecular weight is 187 g/mol. The van der Waals surface area contributed by atoms with Crippen molar-refractivity contribution in [3.8, 4) is 11.5 Å². The Morgan fingerprint density at radius 1 is 1.00 bits per heavy atom. The fourth-order valence-corrected chi connectivity index (χ4v) is 1.11. The van der Waals surface area contributed by atoms with Crippen molar-refractivity contribution in [2.45, 2.75) is 0 Å². The summed E-state index contributed by atoms with van der Waals surface area (Å²) in [5.41, 5.74) is 0. The minimum Gasteiger partial charge on any atom is -0.457 e. The zero-order valence-electron chi connectivity index (χ0n) is 7.41. The van der Waals surface area contributed by atoms with Gasteiger partial charge in [-0.1, -0.05) is 18.2 Å². The first-order valence-electron chi connectivity index (χ1n) is 4.24. The summed E-state index contributed by atoms with van der Waals surface area (Å²) in [4.78, 5) is 0. The van der Waals surface area contributed by atoms with Gasteiger partial charge in [-0.3, -0.25) is 0 Å². The van der Waals surface area contributed by atoms with Gasteiger partial charge < -0.3 is 4.74 Å². The van der Waals surface area contributed by atoms with Crippen LogP contribution in [0.5, 0.6) is 11.5 Å². The SMILES string of the molecule is Fc1c[c]cc(Oc2ccccc2)c1. The Bertz CT molecular complexity index is 412. The van der Waals surface area contributed by atoms with Gasteiger partial charge in [-0.2, -0.15) is 0 Å². The van der Waals surface area contributed by atoms with Crippen molar-refractivity contribution in [3.05, 3.63) is 60.4 Å². The van der Waals surface area contributed by atoms with E-state index in [0.717, 1.165) is 0 Å². The maximum atomic E-state index is 12.8. The van der Waals surface area contributed by atoms with Gasteiger partial charge in [0.2, 0.25) is 0 Å². The Labute approximate surface area is 81.8 Å². The molecule has 0 aliphatic carbocycles. The molecule has 69 valence electrons. The molecule has 0 bridgehead atoms. The predicted molar refractivity (Wildman–Crippen MR) is 51.8 cm³/mol. The molecule has 0 N–H and O–H groups in total. The summed E-state index contributed by atoms with van der Waals surface area (Å²) in [5.74, 6) is 0.793. The molecule has 2 aromatic rings. The molecule has 2 aromatic carbocycles. The van der Waals surface area contributed by atoms with E-state index in [1.165, 1.54) is 12.1 Å². The van der Waals surface area contributed by atoms with E-state index in [2.05, 4.69) is 6.07 Å². The van der Waals surface area contributed by atoms with Gasteiger partial charge >= 0.3 is 0 Å². The van der Waals surface area contributed by atoms with Crippen molar-refractivity contribution >= 4 is 0 Å². The zero-order valence-corrected chi connectivity index (χ0v) is 7.41. The molecule has 0 heterocycles. The highest BCUT2D eigenvalue weighted by Crippen LogP contribution is 2.20. The molecule has 2 heteroatoms. The third-order valence-corrected chi connectivity index (χ3v) is 1.71. The van der Waals surface area contributed by atoms with E-state index in [9.17, 15) is 4.39 Å². The van der Waals surface area contributed by atoms with Gasteiger partial charge in [0, 0.05) is 6.07 Å². The van der Waals surface area contributed by atoms with E-state index >= 15 is 0 Å². The van der Waals surface area contributed by atoms with Crippen LogP contribution in [0.4, 0.5) is 4.39 Å². The highest BCUT2D eigenvalue weighted by molar-refractivity contribution is 5.30. The van der Waals surface area contributed by atoms with Crippen molar-refractivity contribution < 1.29 is 9.13 Å². The predicted octanol–water partition coefficient (Wildman–Crippen LogP) is 3.42. The monoisotopic (exact) mass is 187 g/mol. The molecular formula is C12H8FO. The van der Waals surface area contributed by atoms with E-state index in [1.54, 1.807) is 6.07 Å². The van der Waals surface area contributed by atoms with Crippen LogP contribution >= 0.6 is 0 Å². The van der Waals surface area contributed by atoms with Crippen LogP contribution < -0.4 is 4.74 Å². The fourth-order valence-electron chi connectivity index (χ4n) is 1.11. The van der Waals surface area contributed by atoms with Crippen molar-refractivity contribution in [2.24, 2.45) is 0 Å². The molecule has 1 radical (unpaired) electrons. The zero-order chi connectivity index (χ0) is 9.80. The van der Waals surface area contributed by atoms with Gasteiger partial charge in [-0.15, -0.1) is 0 Å². The first kappa shape index (κ1) is 8.75. The molecule has 0 atom stereocenters. The molecule has 0 amide bonds. The topological polar surface area (TPSA) is 9.23 Å². The summed E-state index contributed by atoms with van der Waals surface area (Å²) in [5, 5.41) is 0. The third-order valence-electron chi connectivity index (χ3n) is 1.71. The standard InChI is InChI=1S/C12H8FO/c13-10-5-4-8-12(9-10)14-11-6-2-1-3-7-11/h1-3,5-9H. The van der Waals surface area contributed by atoms with E-state index in [4.69, 9.17) is 4.74 Å². The van der Waals surface area contributed by atoms with Crippen LogP contribution in [0.15, 0.2) is 48.5 Å². The summed E-state index contributed by atoms with van der Waals surface area (Å²) in [6.45, 7) is 0. The number of halogens is 1. The van der Waals surface area contributed by atoms with Crippen LogP contribution in [-0.4, -0.2) is 0 Å². The molecule has 0 aliphatic rings. The number of hydrogen-bond donors (Lipinski definition) is 0. The first-order chi connectivity index (χ1) is 6.84. The van der Waals surface area contributed by atoms with E-state index in [-0.39, 0.29) is 5.82 Å². The van der Waals surface area contributed by atoms with E-state index in [0.29, 0.717) is 11.5 Å². The van der Waals surface area contributed by atoms with Crippen molar-refractivity contribution in [2.75, 3.05) is 0 Å². The molecule has 14 heavy (non-hydrogen) atoms. The van der Waals surface area contributed by atoms with Gasteiger partial charge in [0.1, 0.15) is 17.3 Å². The lowest BCUT2D eigenvalue weighted by atomic mass is 10.3. The van der Waals surface area contributed by atoms with Crippen molar-refractivity contribution in [3.63, 3.8) is 0 Å². The van der Waals surface area contributed by atoms with Crippen LogP contribution in [0, 0.1) is 11.9 Å². The summed E-state index contributed by atoms with van der Waals surface area (Å²) in [6, 6.07) is 16.1. The van der Waals surface area contributed by atoms with Crippen LogP contribution in [-0.2, 0) is 0 Å². The Balaban J connectivity index is 2.19. The van der Waals surface area contributed by atoms with Gasteiger partial charge in [-0.25, -0.2) is 4.39 Å². The maximum Gasteiger partial charge on any atom is 0.130 e. The molecule has 0 saturated heterocycles. The molecule has 0 saturated carbocycles. The number of rotatable bonds is 2. The quantitative estimate of drug-likeness (QED) is 0.700. The number of hydrogen-bond acceptors (Lipinski definition) is 1. The fraction of sp³-hybridized carbons (Fsp3) is 0. The highest BCUT2D eigenvalue weighted by atomic mass is 19.1. The third kappa shape index (κ3) is 2.10. The van der Waals surface area contributed by atoms with Gasteiger partial charge in [-0.05, 0) is 30.3 Å². The Morgan fingerprint density at radius 3 is 2.50 bits per heavy atom. The highest BCUT2D eigenvalue weighted by Gasteiger charge is 1.97. The average Bonchev–Trinajstić information content (AvgIpc) is 2.19. The maximum absolute atomic E-state index is 12.8. The lowest BCUT2D eigenvalue weighted by Crippen LogP contribution is -1.84. The Hall–Kier alpha value is -1.83. The molecule has 0 aromatic heterocycles. The second-order valence-electron chi connectivity index (χ2n) is 2.80. The van der Waals surface area contributed by atoms with E-state index in [1.807, 2.05) is 30.3 Å². The Morgan fingerprint density at radius 2 is 1.79 bits per heavy atom.